The molecular weight excluding hydrogens is 289 g/mol. The lowest BCUT2D eigenvalue weighted by Crippen LogP contribution is -2.12. The number of hydrogen-bond acceptors (Lipinski definition) is 4. The van der Waals surface area contributed by atoms with Crippen molar-refractivity contribution >= 4 is 32.9 Å². The summed E-state index contributed by atoms with van der Waals surface area (Å²) >= 11 is 1.15. The summed E-state index contributed by atoms with van der Waals surface area (Å²) in [5.74, 6) is -1.22. The van der Waals surface area contributed by atoms with Crippen LogP contribution in [-0.2, 0) is 16.5 Å². The van der Waals surface area contributed by atoms with Crippen LogP contribution in [0.2, 0.25) is 0 Å². The minimum atomic E-state index is -2.50. The largest absolute Gasteiger partial charge is 0.313 e. The van der Waals surface area contributed by atoms with Crippen molar-refractivity contribution in [2.75, 3.05) is 5.32 Å². The zero-order valence-electron chi connectivity index (χ0n) is 9.63. The maximum Gasteiger partial charge on any atom is 0.259 e. The second-order valence-corrected chi connectivity index (χ2v) is 5.84. The van der Waals surface area contributed by atoms with E-state index in [2.05, 4.69) is 5.32 Å². The van der Waals surface area contributed by atoms with E-state index >= 15 is 0 Å². The van der Waals surface area contributed by atoms with Crippen LogP contribution in [0.3, 0.4) is 0 Å². The summed E-state index contributed by atoms with van der Waals surface area (Å²) in [6.45, 7) is 0. The molecule has 4 nitrogen and oxygen atoms in total. The predicted octanol–water partition coefficient (Wildman–Crippen LogP) is 2.25. The van der Waals surface area contributed by atoms with Crippen LogP contribution in [0.4, 0.5) is 9.39 Å². The molecule has 1 N–H and O–H groups in total. The highest BCUT2D eigenvalue weighted by Gasteiger charge is 2.12. The van der Waals surface area contributed by atoms with Gasteiger partial charge in [-0.05, 0) is 24.3 Å². The molecule has 2 aromatic rings. The molecule has 1 amide bonds. The fourth-order valence-corrected chi connectivity index (χ4v) is 3.11. The fourth-order valence-electron chi connectivity index (χ4n) is 1.48. The van der Waals surface area contributed by atoms with Gasteiger partial charge in [-0.2, -0.15) is 0 Å². The number of thiol groups is 1. The number of thiophene rings is 1. The van der Waals surface area contributed by atoms with Gasteiger partial charge in [-0.3, -0.25) is 4.79 Å². The summed E-state index contributed by atoms with van der Waals surface area (Å²) in [7, 11) is -2.50. The van der Waals surface area contributed by atoms with E-state index in [1.165, 1.54) is 18.2 Å². The highest BCUT2D eigenvalue weighted by Crippen LogP contribution is 2.23. The molecule has 1 aromatic heterocycles. The zero-order chi connectivity index (χ0) is 13.8. The van der Waals surface area contributed by atoms with Crippen LogP contribution in [0.1, 0.15) is 15.2 Å². The first-order chi connectivity index (χ1) is 9.06. The SMILES string of the molecule is O=C(Nc1ccc(C[SH](=O)=O)s1)c1ccccc1F. The summed E-state index contributed by atoms with van der Waals surface area (Å²) in [5, 5.41) is 3.02. The second kappa shape index (κ2) is 5.94. The normalized spacial score (nSPS) is 10.6. The Labute approximate surface area is 114 Å². The third-order valence-electron chi connectivity index (χ3n) is 2.30. The third-order valence-corrected chi connectivity index (χ3v) is 4.12. The van der Waals surface area contributed by atoms with Crippen LogP contribution >= 0.6 is 11.3 Å². The van der Waals surface area contributed by atoms with Crippen molar-refractivity contribution in [3.05, 3.63) is 52.7 Å². The molecule has 0 aliphatic heterocycles. The molecule has 0 saturated heterocycles. The molecule has 0 radical (unpaired) electrons. The van der Waals surface area contributed by atoms with E-state index in [4.69, 9.17) is 0 Å². The minimum absolute atomic E-state index is 0.0487. The molecule has 0 atom stereocenters. The van der Waals surface area contributed by atoms with E-state index in [9.17, 15) is 17.6 Å². The number of hydrogen-bond donors (Lipinski definition) is 2. The molecule has 0 bridgehead atoms. The Morgan fingerprint density at radius 2 is 1.95 bits per heavy atom. The smallest absolute Gasteiger partial charge is 0.259 e. The number of nitrogens with one attached hydrogen (secondary N) is 1. The second-order valence-electron chi connectivity index (χ2n) is 3.69. The average Bonchev–Trinajstić information content (AvgIpc) is 2.76. The number of carbonyl (C=O) groups is 1. The van der Waals surface area contributed by atoms with Gasteiger partial charge in [-0.15, -0.1) is 11.3 Å². The molecule has 2 rings (SSSR count). The molecule has 0 aliphatic rings. The van der Waals surface area contributed by atoms with E-state index in [-0.39, 0.29) is 11.3 Å². The molecule has 7 heteroatoms. The van der Waals surface area contributed by atoms with Crippen LogP contribution in [0.5, 0.6) is 0 Å². The first-order valence-corrected chi connectivity index (χ1v) is 7.50. The van der Waals surface area contributed by atoms with Crippen LogP contribution in [-0.4, -0.2) is 14.3 Å². The molecule has 1 aromatic carbocycles. The van der Waals surface area contributed by atoms with Gasteiger partial charge < -0.3 is 5.32 Å². The Hall–Kier alpha value is -1.73. The van der Waals surface area contributed by atoms with Crippen molar-refractivity contribution < 1.29 is 17.6 Å². The molecule has 0 aliphatic carbocycles. The van der Waals surface area contributed by atoms with Crippen LogP contribution in [0.15, 0.2) is 36.4 Å². The van der Waals surface area contributed by atoms with Gasteiger partial charge in [0.25, 0.3) is 5.91 Å². The van der Waals surface area contributed by atoms with Crippen LogP contribution in [0.25, 0.3) is 0 Å². The maximum atomic E-state index is 13.4. The monoisotopic (exact) mass is 299 g/mol. The Kier molecular flexibility index (Phi) is 4.28. The maximum absolute atomic E-state index is 13.4. The summed E-state index contributed by atoms with van der Waals surface area (Å²) < 4.78 is 34.5. The van der Waals surface area contributed by atoms with Crippen molar-refractivity contribution in [1.29, 1.82) is 0 Å². The molecule has 0 spiro atoms. The minimum Gasteiger partial charge on any atom is -0.313 e. The molecule has 19 heavy (non-hydrogen) atoms. The van der Waals surface area contributed by atoms with E-state index in [1.54, 1.807) is 18.2 Å². The molecule has 0 saturated carbocycles. The van der Waals surface area contributed by atoms with Crippen molar-refractivity contribution in [2.45, 2.75) is 5.75 Å². The van der Waals surface area contributed by atoms with Crippen molar-refractivity contribution in [3.63, 3.8) is 0 Å². The number of benzene rings is 1. The summed E-state index contributed by atoms with van der Waals surface area (Å²) in [5.41, 5.74) is -0.0487. The quantitative estimate of drug-likeness (QED) is 0.851. The highest BCUT2D eigenvalue weighted by atomic mass is 32.2. The Morgan fingerprint density at radius 1 is 1.21 bits per heavy atom. The van der Waals surface area contributed by atoms with Gasteiger partial charge in [0, 0.05) is 4.88 Å². The molecule has 100 valence electrons. The molecule has 1 heterocycles. The van der Waals surface area contributed by atoms with E-state index in [1.807, 2.05) is 0 Å². The van der Waals surface area contributed by atoms with Crippen LogP contribution < -0.4 is 5.32 Å². The third kappa shape index (κ3) is 3.62. The van der Waals surface area contributed by atoms with E-state index in [0.29, 0.717) is 9.88 Å². The van der Waals surface area contributed by atoms with Crippen molar-refractivity contribution in [3.8, 4) is 0 Å². The molecule has 0 fully saturated rings. The number of anilines is 1. The van der Waals surface area contributed by atoms with E-state index < -0.39 is 22.4 Å². The average molecular weight is 299 g/mol. The first-order valence-electron chi connectivity index (χ1n) is 5.32. The van der Waals surface area contributed by atoms with Gasteiger partial charge in [0.15, 0.2) is 0 Å². The Morgan fingerprint density at radius 3 is 2.63 bits per heavy atom. The molecule has 0 unspecified atom stereocenters. The topological polar surface area (TPSA) is 63.2 Å². The van der Waals surface area contributed by atoms with Gasteiger partial charge in [0.1, 0.15) is 16.5 Å². The number of amides is 1. The lowest BCUT2D eigenvalue weighted by atomic mass is 10.2. The zero-order valence-corrected chi connectivity index (χ0v) is 11.3. The highest BCUT2D eigenvalue weighted by molar-refractivity contribution is 7.71. The van der Waals surface area contributed by atoms with Gasteiger partial charge in [0.05, 0.1) is 16.3 Å². The predicted molar refractivity (Wildman–Crippen MR) is 72.7 cm³/mol. The lowest BCUT2D eigenvalue weighted by Gasteiger charge is -2.03. The van der Waals surface area contributed by atoms with Gasteiger partial charge >= 0.3 is 0 Å². The standard InChI is InChI=1S/C12H10FNO3S2/c13-10-4-2-1-3-9(10)12(15)14-11-6-5-8(18-11)7-19(16)17/h1-6,19H,7H2,(H,14,15). The summed E-state index contributed by atoms with van der Waals surface area (Å²) in [4.78, 5) is 12.4. The molecular formula is C12H10FNO3S2. The first kappa shape index (κ1) is 13.7. The summed E-state index contributed by atoms with van der Waals surface area (Å²) in [6, 6.07) is 8.87. The summed E-state index contributed by atoms with van der Waals surface area (Å²) in [6.07, 6.45) is 0. The Balaban J connectivity index is 2.11. The number of rotatable bonds is 4. The fraction of sp³-hybridized carbons (Fsp3) is 0.0833. The van der Waals surface area contributed by atoms with Crippen molar-refractivity contribution in [1.82, 2.24) is 0 Å². The van der Waals surface area contributed by atoms with Crippen molar-refractivity contribution in [2.24, 2.45) is 0 Å². The number of carbonyl (C=O) groups excluding carboxylic acids is 1. The van der Waals surface area contributed by atoms with Crippen LogP contribution in [0, 0.1) is 5.82 Å². The van der Waals surface area contributed by atoms with E-state index in [0.717, 1.165) is 11.3 Å². The lowest BCUT2D eigenvalue weighted by molar-refractivity contribution is 0.102. The number of halogens is 1. The Bertz CT molecular complexity index is 671. The van der Waals surface area contributed by atoms with Gasteiger partial charge in [-0.1, -0.05) is 12.1 Å². The van der Waals surface area contributed by atoms with Gasteiger partial charge in [0.2, 0.25) is 0 Å². The van der Waals surface area contributed by atoms with Gasteiger partial charge in [-0.25, -0.2) is 12.8 Å².